The zero-order valence-electron chi connectivity index (χ0n) is 21.7. The van der Waals surface area contributed by atoms with Crippen molar-refractivity contribution in [2.24, 2.45) is 5.10 Å². The number of carbonyl (C=O) groups is 2. The number of piperazine rings is 1. The fourth-order valence-electron chi connectivity index (χ4n) is 5.93. The van der Waals surface area contributed by atoms with Crippen LogP contribution in [0.4, 0.5) is 14.9 Å². The second-order valence-electron chi connectivity index (χ2n) is 10.2. The van der Waals surface area contributed by atoms with Crippen molar-refractivity contribution in [1.82, 2.24) is 14.7 Å². The van der Waals surface area contributed by atoms with Gasteiger partial charge < -0.3 is 14.5 Å². The number of hydrogen-bond acceptors (Lipinski definition) is 6. The first-order chi connectivity index (χ1) is 17.8. The predicted molar refractivity (Wildman–Crippen MR) is 141 cm³/mol. The quantitative estimate of drug-likeness (QED) is 0.600. The van der Waals surface area contributed by atoms with Crippen LogP contribution in [-0.4, -0.2) is 91.7 Å². The molecule has 2 aromatic carbocycles. The molecule has 3 heterocycles. The lowest BCUT2D eigenvalue weighted by atomic mass is 9.67. The number of halogens is 1. The molecule has 0 spiro atoms. The smallest absolute Gasteiger partial charge is 0.319 e. The number of benzene rings is 2. The molecule has 0 aliphatic carbocycles. The van der Waals surface area contributed by atoms with Gasteiger partial charge in [-0.15, -0.1) is 0 Å². The number of anilines is 1. The molecule has 0 bridgehead atoms. The second kappa shape index (κ2) is 10.1. The number of nitrogens with zero attached hydrogens (tertiary/aromatic N) is 5. The van der Waals surface area contributed by atoms with Gasteiger partial charge in [-0.3, -0.25) is 14.7 Å². The Morgan fingerprint density at radius 1 is 1.11 bits per heavy atom. The van der Waals surface area contributed by atoms with Crippen LogP contribution in [0.15, 0.2) is 53.6 Å². The number of ether oxygens (including phenoxy) is 1. The Morgan fingerprint density at radius 2 is 1.84 bits per heavy atom. The fraction of sp³-hybridized carbons (Fsp3) is 0.464. The summed E-state index contributed by atoms with van der Waals surface area (Å²) >= 11 is 0. The van der Waals surface area contributed by atoms with E-state index in [1.807, 2.05) is 23.1 Å². The average molecular weight is 508 g/mol. The largest absolute Gasteiger partial charge is 0.489 e. The fourth-order valence-corrected chi connectivity index (χ4v) is 5.93. The number of carbonyl (C=O) groups excluding carboxylic acids is 2. The summed E-state index contributed by atoms with van der Waals surface area (Å²) in [5.41, 5.74) is 1.38. The Morgan fingerprint density at radius 3 is 2.51 bits per heavy atom. The van der Waals surface area contributed by atoms with E-state index in [1.165, 1.54) is 12.1 Å². The van der Waals surface area contributed by atoms with Crippen LogP contribution >= 0.6 is 0 Å². The first-order valence-electron chi connectivity index (χ1n) is 12.9. The maximum Gasteiger partial charge on any atom is 0.319 e. The minimum absolute atomic E-state index is 0.0463. The molecule has 0 saturated carbocycles. The summed E-state index contributed by atoms with van der Waals surface area (Å²) in [5.74, 6) is 0.108. The van der Waals surface area contributed by atoms with E-state index >= 15 is 0 Å². The highest BCUT2D eigenvalue weighted by molar-refractivity contribution is 6.43. The molecule has 1 saturated heterocycles. The summed E-state index contributed by atoms with van der Waals surface area (Å²) in [6, 6.07) is 14.2. The third-order valence-electron chi connectivity index (χ3n) is 7.75. The van der Waals surface area contributed by atoms with Gasteiger partial charge in [0, 0.05) is 53.3 Å². The van der Waals surface area contributed by atoms with E-state index < -0.39 is 5.41 Å². The monoisotopic (exact) mass is 507 g/mol. The Hall–Kier alpha value is -3.46. The van der Waals surface area contributed by atoms with Crippen LogP contribution in [0.25, 0.3) is 0 Å². The van der Waals surface area contributed by atoms with Crippen molar-refractivity contribution in [3.05, 3.63) is 59.9 Å². The Labute approximate surface area is 217 Å². The number of Topliss-reactive ketones (excluding diaryl/α,β-unsaturated/α-hetero) is 1. The normalized spacial score (nSPS) is 23.1. The molecule has 1 unspecified atom stereocenters. The molecule has 0 radical (unpaired) electrons. The van der Waals surface area contributed by atoms with Gasteiger partial charge in [-0.2, -0.15) is 5.10 Å². The van der Waals surface area contributed by atoms with E-state index in [1.54, 1.807) is 37.0 Å². The molecule has 0 aromatic heterocycles. The molecule has 3 aliphatic heterocycles. The van der Waals surface area contributed by atoms with Crippen LogP contribution in [0.5, 0.6) is 5.75 Å². The summed E-state index contributed by atoms with van der Waals surface area (Å²) in [5, 5.41) is 6.63. The molecule has 196 valence electrons. The van der Waals surface area contributed by atoms with Gasteiger partial charge in [0.1, 0.15) is 35.6 Å². The average Bonchev–Trinajstić information content (AvgIpc) is 3.25. The Balaban J connectivity index is 1.40. The van der Waals surface area contributed by atoms with Crippen molar-refractivity contribution in [2.75, 3.05) is 58.4 Å². The molecule has 2 aromatic rings. The van der Waals surface area contributed by atoms with Crippen molar-refractivity contribution in [2.45, 2.75) is 31.2 Å². The molecular formula is C28H34FN5O3. The molecule has 2 amide bonds. The molecule has 0 N–H and O–H groups in total. The topological polar surface area (TPSA) is 68.7 Å². The lowest BCUT2D eigenvalue weighted by Gasteiger charge is -2.42. The molecular weight excluding hydrogens is 473 g/mol. The van der Waals surface area contributed by atoms with Gasteiger partial charge in [-0.1, -0.05) is 30.3 Å². The van der Waals surface area contributed by atoms with E-state index in [-0.39, 0.29) is 23.7 Å². The summed E-state index contributed by atoms with van der Waals surface area (Å²) in [4.78, 5) is 31.2. The van der Waals surface area contributed by atoms with Crippen LogP contribution in [0, 0.1) is 5.82 Å². The van der Waals surface area contributed by atoms with Crippen molar-refractivity contribution in [3.63, 3.8) is 0 Å². The van der Waals surface area contributed by atoms with Gasteiger partial charge >= 0.3 is 6.03 Å². The molecule has 8 nitrogen and oxygen atoms in total. The van der Waals surface area contributed by atoms with Crippen molar-refractivity contribution < 1.29 is 18.7 Å². The predicted octanol–water partition coefficient (Wildman–Crippen LogP) is 3.37. The zero-order chi connectivity index (χ0) is 26.2. The Kier molecular flexibility index (Phi) is 6.90. The van der Waals surface area contributed by atoms with Crippen molar-refractivity contribution >= 4 is 23.2 Å². The summed E-state index contributed by atoms with van der Waals surface area (Å²) in [6.45, 7) is 5.79. The van der Waals surface area contributed by atoms with Gasteiger partial charge in [0.05, 0.1) is 5.41 Å². The third-order valence-corrected chi connectivity index (χ3v) is 7.75. The molecule has 2 atom stereocenters. The highest BCUT2D eigenvalue weighted by Crippen LogP contribution is 2.48. The number of ketones is 1. The zero-order valence-corrected chi connectivity index (χ0v) is 21.7. The third kappa shape index (κ3) is 4.56. The minimum atomic E-state index is -0.681. The number of fused-ring (bicyclic) bond motifs is 3. The highest BCUT2D eigenvalue weighted by atomic mass is 19.1. The minimum Gasteiger partial charge on any atom is -0.489 e. The van der Waals surface area contributed by atoms with Gasteiger partial charge in [-0.25, -0.2) is 9.18 Å². The SMILES string of the molecule is CC(=O)C1=NN2c3cc(F)ccc3OCC2[C@@]1(CCCN1CCN(C(=O)N(C)C)CC1)c1ccccc1. The van der Waals surface area contributed by atoms with Crippen LogP contribution in [0.1, 0.15) is 25.3 Å². The number of hydrazone groups is 1. The molecule has 3 aliphatic rings. The van der Waals surface area contributed by atoms with Crippen LogP contribution in [0.3, 0.4) is 0 Å². The molecule has 5 rings (SSSR count). The van der Waals surface area contributed by atoms with Gasteiger partial charge in [0.25, 0.3) is 0 Å². The van der Waals surface area contributed by atoms with Gasteiger partial charge in [-0.05, 0) is 37.1 Å². The lowest BCUT2D eigenvalue weighted by Crippen LogP contribution is -2.54. The number of hydrogen-bond donors (Lipinski definition) is 0. The van der Waals surface area contributed by atoms with Crippen LogP contribution < -0.4 is 9.75 Å². The summed E-state index contributed by atoms with van der Waals surface area (Å²) < 4.78 is 20.3. The Bertz CT molecular complexity index is 1200. The van der Waals surface area contributed by atoms with Crippen LogP contribution in [-0.2, 0) is 10.2 Å². The molecule has 1 fully saturated rings. The lowest BCUT2D eigenvalue weighted by molar-refractivity contribution is -0.111. The van der Waals surface area contributed by atoms with E-state index in [4.69, 9.17) is 9.84 Å². The van der Waals surface area contributed by atoms with E-state index in [2.05, 4.69) is 17.0 Å². The second-order valence-corrected chi connectivity index (χ2v) is 10.2. The first-order valence-corrected chi connectivity index (χ1v) is 12.9. The molecule has 37 heavy (non-hydrogen) atoms. The maximum atomic E-state index is 14.2. The summed E-state index contributed by atoms with van der Waals surface area (Å²) in [6.07, 6.45) is 1.53. The maximum absolute atomic E-state index is 14.2. The van der Waals surface area contributed by atoms with E-state index in [9.17, 15) is 14.0 Å². The summed E-state index contributed by atoms with van der Waals surface area (Å²) in [7, 11) is 3.55. The van der Waals surface area contributed by atoms with Crippen molar-refractivity contribution in [3.8, 4) is 5.75 Å². The van der Waals surface area contributed by atoms with Crippen LogP contribution in [0.2, 0.25) is 0 Å². The number of amides is 2. The number of urea groups is 1. The van der Waals surface area contributed by atoms with Crippen molar-refractivity contribution in [1.29, 1.82) is 0 Å². The number of rotatable bonds is 6. The van der Waals surface area contributed by atoms with E-state index in [0.717, 1.165) is 31.6 Å². The van der Waals surface area contributed by atoms with Gasteiger partial charge in [0.2, 0.25) is 0 Å². The van der Waals surface area contributed by atoms with E-state index in [0.29, 0.717) is 43.3 Å². The van der Waals surface area contributed by atoms with Gasteiger partial charge in [0.15, 0.2) is 5.78 Å². The highest BCUT2D eigenvalue weighted by Gasteiger charge is 2.55. The molecule has 9 heteroatoms. The first kappa shape index (κ1) is 25.2. The standard InChI is InChI=1S/C28H34FN5O3/c1-20(35)26-28(21-8-5-4-6-9-21,12-7-13-32-14-16-33(17-15-32)27(36)31(2)3)25-19-37-24-11-10-22(29)18-23(24)34(25)30-26/h4-6,8-11,18,25H,7,12-17,19H2,1-3H3/t25?,28-/m1/s1.